The number of esters is 1. The van der Waals surface area contributed by atoms with Gasteiger partial charge in [-0.3, -0.25) is 0 Å². The summed E-state index contributed by atoms with van der Waals surface area (Å²) in [6.45, 7) is 8.03. The fraction of sp³-hybridized carbons (Fsp3) is 0.611. The van der Waals surface area contributed by atoms with E-state index in [1.54, 1.807) is 24.3 Å². The van der Waals surface area contributed by atoms with Crippen molar-refractivity contribution in [1.82, 2.24) is 5.32 Å². The molecule has 122 valence electrons. The van der Waals surface area contributed by atoms with E-state index in [9.17, 15) is 4.79 Å². The molecule has 22 heavy (non-hydrogen) atoms. The number of anilines is 1. The number of hydrogen-bond donors (Lipinski definition) is 2. The van der Waals surface area contributed by atoms with Gasteiger partial charge in [0, 0.05) is 18.3 Å². The summed E-state index contributed by atoms with van der Waals surface area (Å²) in [7, 11) is 0. The summed E-state index contributed by atoms with van der Waals surface area (Å²) >= 11 is 0. The van der Waals surface area contributed by atoms with Crippen molar-refractivity contribution in [2.24, 2.45) is 11.3 Å². The molecule has 1 aliphatic carbocycles. The van der Waals surface area contributed by atoms with E-state index in [0.717, 1.165) is 0 Å². The lowest BCUT2D eigenvalue weighted by Crippen LogP contribution is -2.49. The smallest absolute Gasteiger partial charge is 0.338 e. The molecule has 1 fully saturated rings. The van der Waals surface area contributed by atoms with Gasteiger partial charge in [-0.05, 0) is 48.4 Å². The van der Waals surface area contributed by atoms with Gasteiger partial charge in [-0.1, -0.05) is 27.2 Å². The molecule has 0 saturated heterocycles. The molecule has 0 heterocycles. The molecule has 0 bridgehead atoms. The van der Waals surface area contributed by atoms with E-state index in [-0.39, 0.29) is 5.97 Å². The van der Waals surface area contributed by atoms with Crippen molar-refractivity contribution in [2.45, 2.75) is 46.1 Å². The first-order valence-corrected chi connectivity index (χ1v) is 8.16. The van der Waals surface area contributed by atoms with E-state index in [0.29, 0.717) is 41.8 Å². The van der Waals surface area contributed by atoms with Gasteiger partial charge in [-0.25, -0.2) is 4.79 Å². The third-order valence-corrected chi connectivity index (χ3v) is 4.74. The highest BCUT2D eigenvalue weighted by Crippen LogP contribution is 2.38. The molecule has 1 aliphatic rings. The van der Waals surface area contributed by atoms with Crippen LogP contribution in [0.2, 0.25) is 0 Å². The molecular weight excluding hydrogens is 276 g/mol. The quantitative estimate of drug-likeness (QED) is 0.498. The van der Waals surface area contributed by atoms with Crippen molar-refractivity contribution in [2.75, 3.05) is 18.9 Å². The minimum Gasteiger partial charge on any atom is -0.461 e. The molecule has 1 aromatic rings. The number of carbonyl (C=O) groups is 1. The first kappa shape index (κ1) is 16.8. The number of ether oxygens (including phenoxy) is 1. The number of nitrogens with one attached hydrogen (secondary N) is 1. The van der Waals surface area contributed by atoms with Crippen LogP contribution in [0.3, 0.4) is 0 Å². The van der Waals surface area contributed by atoms with E-state index in [2.05, 4.69) is 26.1 Å². The SMILES string of the molecule is CC1CCCC(C)(C)C1NCCOC(=O)c1ccc(N)cc1. The van der Waals surface area contributed by atoms with Crippen LogP contribution < -0.4 is 11.1 Å². The summed E-state index contributed by atoms with van der Waals surface area (Å²) in [6.07, 6.45) is 3.82. The molecule has 2 rings (SSSR count). The summed E-state index contributed by atoms with van der Waals surface area (Å²) in [5.41, 5.74) is 7.10. The lowest BCUT2D eigenvalue weighted by molar-refractivity contribution is 0.0482. The van der Waals surface area contributed by atoms with E-state index in [4.69, 9.17) is 10.5 Å². The number of nitrogen functional groups attached to an aromatic ring is 1. The van der Waals surface area contributed by atoms with Gasteiger partial charge in [0.15, 0.2) is 0 Å². The number of nitrogens with two attached hydrogens (primary N) is 1. The van der Waals surface area contributed by atoms with E-state index in [1.807, 2.05) is 0 Å². The van der Waals surface area contributed by atoms with E-state index < -0.39 is 0 Å². The second-order valence-electron chi connectivity index (χ2n) is 7.05. The van der Waals surface area contributed by atoms with Gasteiger partial charge in [0.05, 0.1) is 5.56 Å². The van der Waals surface area contributed by atoms with E-state index in [1.165, 1.54) is 19.3 Å². The number of benzene rings is 1. The predicted octanol–water partition coefficient (Wildman–Crippen LogP) is 3.23. The largest absolute Gasteiger partial charge is 0.461 e. The Morgan fingerprint density at radius 3 is 2.68 bits per heavy atom. The van der Waals surface area contributed by atoms with Gasteiger partial charge in [-0.15, -0.1) is 0 Å². The summed E-state index contributed by atoms with van der Waals surface area (Å²) in [4.78, 5) is 11.9. The van der Waals surface area contributed by atoms with Crippen LogP contribution in [0, 0.1) is 11.3 Å². The average molecular weight is 304 g/mol. The van der Waals surface area contributed by atoms with Crippen molar-refractivity contribution in [3.8, 4) is 0 Å². The highest BCUT2D eigenvalue weighted by molar-refractivity contribution is 5.89. The second kappa shape index (κ2) is 7.14. The van der Waals surface area contributed by atoms with Crippen LogP contribution in [0.25, 0.3) is 0 Å². The standard InChI is InChI=1S/C18H28N2O2/c1-13-5-4-10-18(2,3)16(13)20-11-12-22-17(21)14-6-8-15(19)9-7-14/h6-9,13,16,20H,4-5,10-12,19H2,1-3H3. The van der Waals surface area contributed by atoms with Gasteiger partial charge in [0.1, 0.15) is 6.61 Å². The molecule has 4 nitrogen and oxygen atoms in total. The number of carbonyl (C=O) groups excluding carboxylic acids is 1. The topological polar surface area (TPSA) is 64.3 Å². The van der Waals surface area contributed by atoms with Crippen LogP contribution in [0.4, 0.5) is 5.69 Å². The third-order valence-electron chi connectivity index (χ3n) is 4.74. The van der Waals surface area contributed by atoms with Crippen molar-refractivity contribution < 1.29 is 9.53 Å². The third kappa shape index (κ3) is 4.23. The molecule has 4 heteroatoms. The Bertz CT molecular complexity index is 496. The maximum atomic E-state index is 11.9. The maximum absolute atomic E-state index is 11.9. The van der Waals surface area contributed by atoms with Gasteiger partial charge < -0.3 is 15.8 Å². The highest BCUT2D eigenvalue weighted by atomic mass is 16.5. The zero-order chi connectivity index (χ0) is 16.2. The van der Waals surface area contributed by atoms with Crippen LogP contribution in [0.1, 0.15) is 50.4 Å². The van der Waals surface area contributed by atoms with Crippen molar-refractivity contribution in [3.05, 3.63) is 29.8 Å². The van der Waals surface area contributed by atoms with Crippen molar-refractivity contribution in [3.63, 3.8) is 0 Å². The Labute approximate surface area is 133 Å². The van der Waals surface area contributed by atoms with Crippen LogP contribution >= 0.6 is 0 Å². The van der Waals surface area contributed by atoms with Crippen LogP contribution in [0.15, 0.2) is 24.3 Å². The van der Waals surface area contributed by atoms with Gasteiger partial charge in [-0.2, -0.15) is 0 Å². The van der Waals surface area contributed by atoms with Crippen molar-refractivity contribution >= 4 is 11.7 Å². The molecule has 0 aliphatic heterocycles. The molecule has 0 aromatic heterocycles. The lowest BCUT2D eigenvalue weighted by Gasteiger charge is -2.43. The number of hydrogen-bond acceptors (Lipinski definition) is 4. The fourth-order valence-electron chi connectivity index (χ4n) is 3.51. The first-order chi connectivity index (χ1) is 10.4. The molecular formula is C18H28N2O2. The van der Waals surface area contributed by atoms with E-state index >= 15 is 0 Å². The zero-order valence-electron chi connectivity index (χ0n) is 13.9. The normalized spacial score (nSPS) is 24.0. The monoisotopic (exact) mass is 304 g/mol. The Balaban J connectivity index is 1.76. The van der Waals surface area contributed by atoms with Crippen LogP contribution in [0.5, 0.6) is 0 Å². The van der Waals surface area contributed by atoms with Gasteiger partial charge >= 0.3 is 5.97 Å². The predicted molar refractivity (Wildman–Crippen MR) is 89.7 cm³/mol. The number of rotatable bonds is 5. The summed E-state index contributed by atoms with van der Waals surface area (Å²) in [5.74, 6) is 0.370. The average Bonchev–Trinajstić information content (AvgIpc) is 2.46. The molecule has 2 atom stereocenters. The summed E-state index contributed by atoms with van der Waals surface area (Å²) < 4.78 is 5.32. The summed E-state index contributed by atoms with van der Waals surface area (Å²) in [6, 6.07) is 7.29. The molecule has 1 aromatic carbocycles. The first-order valence-electron chi connectivity index (χ1n) is 8.16. The molecule has 2 unspecified atom stereocenters. The molecule has 3 N–H and O–H groups in total. The maximum Gasteiger partial charge on any atom is 0.338 e. The Morgan fingerprint density at radius 2 is 2.05 bits per heavy atom. The highest BCUT2D eigenvalue weighted by Gasteiger charge is 2.36. The van der Waals surface area contributed by atoms with Gasteiger partial charge in [0.2, 0.25) is 0 Å². The van der Waals surface area contributed by atoms with Crippen molar-refractivity contribution in [1.29, 1.82) is 0 Å². The van der Waals surface area contributed by atoms with Gasteiger partial charge in [0.25, 0.3) is 0 Å². The molecule has 1 saturated carbocycles. The Kier molecular flexibility index (Phi) is 5.46. The second-order valence-corrected chi connectivity index (χ2v) is 7.05. The fourth-order valence-corrected chi connectivity index (χ4v) is 3.51. The Hall–Kier alpha value is -1.55. The lowest BCUT2D eigenvalue weighted by atomic mass is 9.68. The molecule has 0 radical (unpaired) electrons. The Morgan fingerprint density at radius 1 is 1.36 bits per heavy atom. The minimum atomic E-state index is -0.294. The molecule has 0 spiro atoms. The minimum absolute atomic E-state index is 0.294. The van der Waals surface area contributed by atoms with Crippen LogP contribution in [-0.2, 0) is 4.74 Å². The van der Waals surface area contributed by atoms with Crippen LogP contribution in [-0.4, -0.2) is 25.2 Å². The zero-order valence-corrected chi connectivity index (χ0v) is 13.9. The molecule has 0 amide bonds. The summed E-state index contributed by atoms with van der Waals surface area (Å²) in [5, 5.41) is 3.58.